The fourth-order valence-corrected chi connectivity index (χ4v) is 4.64. The van der Waals surface area contributed by atoms with Gasteiger partial charge in [-0.25, -0.2) is 4.79 Å². The van der Waals surface area contributed by atoms with E-state index in [0.29, 0.717) is 0 Å². The number of ether oxygens (including phenoxy) is 1. The number of nitrogens with two attached hydrogens (primary N) is 1. The fraction of sp³-hybridized carbons (Fsp3) is 0.655. The van der Waals surface area contributed by atoms with Gasteiger partial charge in [0.25, 0.3) is 0 Å². The zero-order valence-electron chi connectivity index (χ0n) is 24.2. The molecule has 4 amide bonds. The van der Waals surface area contributed by atoms with Gasteiger partial charge in [0.2, 0.25) is 17.7 Å². The lowest BCUT2D eigenvalue weighted by atomic mass is 9.95. The average Bonchev–Trinajstić information content (AvgIpc) is 3.50. The molecule has 2 rings (SSSR count). The summed E-state index contributed by atoms with van der Waals surface area (Å²) in [5.74, 6) is -1.10. The van der Waals surface area contributed by atoms with Gasteiger partial charge in [-0.05, 0) is 77.8 Å². The van der Waals surface area contributed by atoms with E-state index in [1.54, 1.807) is 25.7 Å². The van der Waals surface area contributed by atoms with Crippen LogP contribution in [-0.4, -0.2) is 52.4 Å². The lowest BCUT2D eigenvalue weighted by molar-refractivity contribution is -0.144. The summed E-state index contributed by atoms with van der Waals surface area (Å²) >= 11 is 0. The highest BCUT2D eigenvalue weighted by atomic mass is 16.6. The number of hydrogen-bond acceptors (Lipinski definition) is 5. The minimum absolute atomic E-state index is 0.00160. The van der Waals surface area contributed by atoms with E-state index in [9.17, 15) is 19.2 Å². The molecule has 5 atom stereocenters. The first-order valence-corrected chi connectivity index (χ1v) is 13.6. The molecule has 0 aromatic heterocycles. The van der Waals surface area contributed by atoms with Crippen molar-refractivity contribution in [3.8, 4) is 0 Å². The van der Waals surface area contributed by atoms with Crippen LogP contribution in [0.25, 0.3) is 0 Å². The Hall–Kier alpha value is -3.10. The SMILES string of the molecule is CCCC(C)NC(=O)C(c1cc(C)ccc1C)N(C(=O)C(CCC(N)=O)NC(=O)OC(C)(C)C)C1CC1C. The van der Waals surface area contributed by atoms with Crippen molar-refractivity contribution in [1.29, 1.82) is 0 Å². The van der Waals surface area contributed by atoms with Crippen LogP contribution in [0.15, 0.2) is 18.2 Å². The molecule has 0 heterocycles. The smallest absolute Gasteiger partial charge is 0.408 e. The van der Waals surface area contributed by atoms with Gasteiger partial charge in [0, 0.05) is 18.5 Å². The first kappa shape index (κ1) is 31.1. The van der Waals surface area contributed by atoms with Crippen molar-refractivity contribution in [3.63, 3.8) is 0 Å². The maximum Gasteiger partial charge on any atom is 0.408 e. The maximum atomic E-state index is 14.2. The number of benzene rings is 1. The second-order valence-corrected chi connectivity index (χ2v) is 11.7. The molecule has 212 valence electrons. The van der Waals surface area contributed by atoms with E-state index in [1.165, 1.54) is 0 Å². The normalized spacial score (nSPS) is 19.1. The molecule has 0 aliphatic heterocycles. The van der Waals surface area contributed by atoms with E-state index in [0.717, 1.165) is 36.0 Å². The standard InChI is InChI=1S/C29H46N4O5/c1-9-10-20(5)31-26(35)25(21-15-17(2)11-12-18(21)3)33(23-16-19(23)4)27(36)22(13-14-24(30)34)32-28(37)38-29(6,7)8/h11-12,15,19-20,22-23,25H,9-10,13-14,16H2,1-8H3,(H2,30,34)(H,31,35)(H,32,37). The summed E-state index contributed by atoms with van der Waals surface area (Å²) in [5.41, 5.74) is 7.21. The largest absolute Gasteiger partial charge is 0.444 e. The van der Waals surface area contributed by atoms with Crippen LogP contribution in [0.1, 0.15) is 96.4 Å². The maximum absolute atomic E-state index is 14.2. The monoisotopic (exact) mass is 530 g/mol. The summed E-state index contributed by atoms with van der Waals surface area (Å²) in [6.45, 7) is 15.1. The molecule has 38 heavy (non-hydrogen) atoms. The summed E-state index contributed by atoms with van der Waals surface area (Å²) in [7, 11) is 0. The van der Waals surface area contributed by atoms with Crippen LogP contribution in [0, 0.1) is 19.8 Å². The second-order valence-electron chi connectivity index (χ2n) is 11.7. The minimum atomic E-state index is -1.08. The third-order valence-electron chi connectivity index (χ3n) is 6.71. The van der Waals surface area contributed by atoms with Gasteiger partial charge >= 0.3 is 6.09 Å². The van der Waals surface area contributed by atoms with Crippen LogP contribution < -0.4 is 16.4 Å². The van der Waals surface area contributed by atoms with Gasteiger partial charge in [-0.2, -0.15) is 0 Å². The van der Waals surface area contributed by atoms with Crippen molar-refractivity contribution in [2.75, 3.05) is 0 Å². The number of primary amides is 1. The predicted octanol–water partition coefficient (Wildman–Crippen LogP) is 4.05. The van der Waals surface area contributed by atoms with Crippen molar-refractivity contribution in [3.05, 3.63) is 34.9 Å². The van der Waals surface area contributed by atoms with Crippen LogP contribution in [0.3, 0.4) is 0 Å². The van der Waals surface area contributed by atoms with E-state index in [-0.39, 0.29) is 36.8 Å². The molecule has 0 saturated heterocycles. The summed E-state index contributed by atoms with van der Waals surface area (Å²) in [4.78, 5) is 54.0. The van der Waals surface area contributed by atoms with E-state index in [2.05, 4.69) is 17.6 Å². The summed E-state index contributed by atoms with van der Waals surface area (Å²) < 4.78 is 5.39. The molecule has 1 aliphatic rings. The summed E-state index contributed by atoms with van der Waals surface area (Å²) in [6.07, 6.45) is 1.58. The van der Waals surface area contributed by atoms with Gasteiger partial charge in [0.1, 0.15) is 17.7 Å². The number of carbonyl (C=O) groups excluding carboxylic acids is 4. The molecule has 1 aromatic rings. The van der Waals surface area contributed by atoms with Crippen LogP contribution in [0.2, 0.25) is 0 Å². The van der Waals surface area contributed by atoms with Gasteiger partial charge in [-0.3, -0.25) is 14.4 Å². The van der Waals surface area contributed by atoms with E-state index in [1.807, 2.05) is 45.9 Å². The molecule has 0 bridgehead atoms. The summed E-state index contributed by atoms with van der Waals surface area (Å²) in [6, 6.07) is 3.63. The average molecular weight is 531 g/mol. The quantitative estimate of drug-likeness (QED) is 0.375. The van der Waals surface area contributed by atoms with Crippen LogP contribution >= 0.6 is 0 Å². The number of aryl methyl sites for hydroxylation is 2. The molecule has 1 aliphatic carbocycles. The highest BCUT2D eigenvalue weighted by Gasteiger charge is 2.48. The van der Waals surface area contributed by atoms with Crippen LogP contribution in [-0.2, 0) is 19.1 Å². The van der Waals surface area contributed by atoms with Crippen LogP contribution in [0.5, 0.6) is 0 Å². The lowest BCUT2D eigenvalue weighted by Gasteiger charge is -2.36. The van der Waals surface area contributed by atoms with Crippen molar-refractivity contribution in [1.82, 2.24) is 15.5 Å². The number of hydrogen-bond donors (Lipinski definition) is 3. The first-order valence-electron chi connectivity index (χ1n) is 13.6. The van der Waals surface area contributed by atoms with Gasteiger partial charge < -0.3 is 26.0 Å². The Labute approximate surface area is 227 Å². The van der Waals surface area contributed by atoms with Crippen molar-refractivity contribution < 1.29 is 23.9 Å². The minimum Gasteiger partial charge on any atom is -0.444 e. The first-order chi connectivity index (χ1) is 17.6. The Bertz CT molecular complexity index is 1020. The molecule has 9 nitrogen and oxygen atoms in total. The third-order valence-corrected chi connectivity index (χ3v) is 6.71. The van der Waals surface area contributed by atoms with E-state index < -0.39 is 35.6 Å². The molecule has 1 fully saturated rings. The van der Waals surface area contributed by atoms with Gasteiger partial charge in [0.05, 0.1) is 0 Å². The molecule has 1 saturated carbocycles. The van der Waals surface area contributed by atoms with Gasteiger partial charge in [-0.15, -0.1) is 0 Å². The molecule has 1 aromatic carbocycles. The topological polar surface area (TPSA) is 131 Å². The number of nitrogens with zero attached hydrogens (tertiary/aromatic N) is 1. The Kier molecular flexibility index (Phi) is 10.7. The lowest BCUT2D eigenvalue weighted by Crippen LogP contribution is -2.54. The van der Waals surface area contributed by atoms with Gasteiger partial charge in [-0.1, -0.05) is 44.0 Å². The van der Waals surface area contributed by atoms with Crippen molar-refractivity contribution >= 4 is 23.8 Å². The number of carbonyl (C=O) groups is 4. The summed E-state index contributed by atoms with van der Waals surface area (Å²) in [5, 5.41) is 5.75. The zero-order valence-corrected chi connectivity index (χ0v) is 24.2. The number of nitrogens with one attached hydrogen (secondary N) is 2. The molecular weight excluding hydrogens is 484 g/mol. The number of amides is 4. The van der Waals surface area contributed by atoms with E-state index >= 15 is 0 Å². The Morgan fingerprint density at radius 1 is 1.13 bits per heavy atom. The third kappa shape index (κ3) is 9.03. The van der Waals surface area contributed by atoms with E-state index in [4.69, 9.17) is 10.5 Å². The molecule has 0 radical (unpaired) electrons. The highest BCUT2D eigenvalue weighted by Crippen LogP contribution is 2.41. The Morgan fingerprint density at radius 3 is 2.29 bits per heavy atom. The van der Waals surface area contributed by atoms with Crippen LogP contribution in [0.4, 0.5) is 4.79 Å². The van der Waals surface area contributed by atoms with Crippen molar-refractivity contribution in [2.45, 2.75) is 117 Å². The number of rotatable bonds is 12. The second kappa shape index (κ2) is 13.1. The highest BCUT2D eigenvalue weighted by molar-refractivity contribution is 5.93. The molecule has 5 unspecified atom stereocenters. The van der Waals surface area contributed by atoms with Gasteiger partial charge in [0.15, 0.2) is 0 Å². The predicted molar refractivity (Wildman–Crippen MR) is 147 cm³/mol. The number of alkyl carbamates (subject to hydrolysis) is 1. The van der Waals surface area contributed by atoms with Crippen molar-refractivity contribution in [2.24, 2.45) is 11.7 Å². The fourth-order valence-electron chi connectivity index (χ4n) is 4.64. The Morgan fingerprint density at radius 2 is 1.76 bits per heavy atom. The Balaban J connectivity index is 2.55. The molecular formula is C29H46N4O5. The molecule has 4 N–H and O–H groups in total. The molecule has 0 spiro atoms. The zero-order chi connectivity index (χ0) is 28.8. The molecule has 9 heteroatoms.